The monoisotopic (exact) mass is 262 g/mol. The lowest BCUT2D eigenvalue weighted by Gasteiger charge is -2.42. The van der Waals surface area contributed by atoms with Gasteiger partial charge < -0.3 is 19.7 Å². The van der Waals surface area contributed by atoms with E-state index >= 15 is 0 Å². The third-order valence-electron chi connectivity index (χ3n) is 3.45. The molecule has 0 aromatic heterocycles. The van der Waals surface area contributed by atoms with Crippen LogP contribution in [0.25, 0.3) is 0 Å². The summed E-state index contributed by atoms with van der Waals surface area (Å²) in [5.41, 5.74) is 1.01. The molecule has 2 aliphatic heterocycles. The molecule has 102 valence electrons. The standard InChI is InChI=1S/C14H18N2O3/c17-14(19-8-11-4-2-1-3-5-11)16-6-12(7-16)15-13-9-18-10-13/h1-5,12-13,15H,6-10H2. The van der Waals surface area contributed by atoms with E-state index in [9.17, 15) is 4.79 Å². The average molecular weight is 262 g/mol. The van der Waals surface area contributed by atoms with E-state index in [1.54, 1.807) is 4.90 Å². The van der Waals surface area contributed by atoms with E-state index in [4.69, 9.17) is 9.47 Å². The number of rotatable bonds is 4. The molecule has 2 heterocycles. The largest absolute Gasteiger partial charge is 0.445 e. The fraction of sp³-hybridized carbons (Fsp3) is 0.500. The average Bonchev–Trinajstić information content (AvgIpc) is 2.33. The number of likely N-dealkylation sites (tertiary alicyclic amines) is 1. The van der Waals surface area contributed by atoms with Crippen LogP contribution in [0.4, 0.5) is 4.79 Å². The van der Waals surface area contributed by atoms with Gasteiger partial charge in [-0.2, -0.15) is 0 Å². The van der Waals surface area contributed by atoms with Crippen molar-refractivity contribution in [2.45, 2.75) is 18.7 Å². The third kappa shape index (κ3) is 3.05. The topological polar surface area (TPSA) is 50.8 Å². The highest BCUT2D eigenvalue weighted by atomic mass is 16.6. The molecular weight excluding hydrogens is 244 g/mol. The number of hydrogen-bond donors (Lipinski definition) is 1. The summed E-state index contributed by atoms with van der Waals surface area (Å²) in [5, 5.41) is 3.44. The van der Waals surface area contributed by atoms with Crippen molar-refractivity contribution in [3.8, 4) is 0 Å². The van der Waals surface area contributed by atoms with Gasteiger partial charge in [0.25, 0.3) is 0 Å². The predicted molar refractivity (Wildman–Crippen MR) is 69.7 cm³/mol. The smallest absolute Gasteiger partial charge is 0.410 e. The molecule has 1 amide bonds. The van der Waals surface area contributed by atoms with Gasteiger partial charge in [-0.3, -0.25) is 0 Å². The highest BCUT2D eigenvalue weighted by Crippen LogP contribution is 2.13. The summed E-state index contributed by atoms with van der Waals surface area (Å²) in [6, 6.07) is 10.6. The van der Waals surface area contributed by atoms with Crippen LogP contribution in [0.1, 0.15) is 5.56 Å². The van der Waals surface area contributed by atoms with E-state index in [1.807, 2.05) is 30.3 Å². The van der Waals surface area contributed by atoms with Gasteiger partial charge in [-0.05, 0) is 5.56 Å². The van der Waals surface area contributed by atoms with Crippen LogP contribution in [0.2, 0.25) is 0 Å². The molecule has 0 atom stereocenters. The van der Waals surface area contributed by atoms with Crippen molar-refractivity contribution in [2.75, 3.05) is 26.3 Å². The number of nitrogens with zero attached hydrogens (tertiary/aromatic N) is 1. The van der Waals surface area contributed by atoms with Crippen molar-refractivity contribution in [2.24, 2.45) is 0 Å². The number of nitrogens with one attached hydrogen (secondary N) is 1. The number of carbonyl (C=O) groups is 1. The summed E-state index contributed by atoms with van der Waals surface area (Å²) < 4.78 is 10.4. The Kier molecular flexibility index (Phi) is 3.66. The number of carbonyl (C=O) groups excluding carboxylic acids is 1. The van der Waals surface area contributed by atoms with E-state index in [-0.39, 0.29) is 6.09 Å². The Balaban J connectivity index is 1.35. The summed E-state index contributed by atoms with van der Waals surface area (Å²) in [6.45, 7) is 3.36. The first-order valence-electron chi connectivity index (χ1n) is 6.60. The maximum absolute atomic E-state index is 11.8. The number of benzene rings is 1. The highest BCUT2D eigenvalue weighted by Gasteiger charge is 2.34. The van der Waals surface area contributed by atoms with Crippen LogP contribution in [0.15, 0.2) is 30.3 Å². The van der Waals surface area contributed by atoms with Crippen molar-refractivity contribution in [1.29, 1.82) is 0 Å². The van der Waals surface area contributed by atoms with Crippen LogP contribution in [0.3, 0.4) is 0 Å². The number of ether oxygens (including phenoxy) is 2. The molecule has 2 saturated heterocycles. The van der Waals surface area contributed by atoms with Gasteiger partial charge in [0, 0.05) is 19.1 Å². The zero-order chi connectivity index (χ0) is 13.1. The quantitative estimate of drug-likeness (QED) is 0.879. The molecule has 5 nitrogen and oxygen atoms in total. The molecular formula is C14H18N2O3. The first kappa shape index (κ1) is 12.4. The van der Waals surface area contributed by atoms with Crippen molar-refractivity contribution < 1.29 is 14.3 Å². The molecule has 19 heavy (non-hydrogen) atoms. The lowest BCUT2D eigenvalue weighted by molar-refractivity contribution is -0.0229. The van der Waals surface area contributed by atoms with Gasteiger partial charge in [0.15, 0.2) is 0 Å². The van der Waals surface area contributed by atoms with Crippen LogP contribution in [-0.2, 0) is 16.1 Å². The molecule has 3 rings (SSSR count). The van der Waals surface area contributed by atoms with Gasteiger partial charge >= 0.3 is 6.09 Å². The Morgan fingerprint density at radius 3 is 2.63 bits per heavy atom. The lowest BCUT2D eigenvalue weighted by atomic mass is 10.1. The van der Waals surface area contributed by atoms with Gasteiger partial charge in [-0.15, -0.1) is 0 Å². The molecule has 0 unspecified atom stereocenters. The van der Waals surface area contributed by atoms with Crippen molar-refractivity contribution in [3.05, 3.63) is 35.9 Å². The summed E-state index contributed by atoms with van der Waals surface area (Å²) in [6.07, 6.45) is -0.230. The minimum absolute atomic E-state index is 0.230. The molecule has 0 spiro atoms. The van der Waals surface area contributed by atoms with Crippen molar-refractivity contribution >= 4 is 6.09 Å². The van der Waals surface area contributed by atoms with Crippen LogP contribution in [-0.4, -0.2) is 49.4 Å². The van der Waals surface area contributed by atoms with Crippen LogP contribution in [0, 0.1) is 0 Å². The summed E-state index contributed by atoms with van der Waals surface area (Å²) in [5.74, 6) is 0. The molecule has 1 aromatic carbocycles. The van der Waals surface area contributed by atoms with E-state index in [1.165, 1.54) is 0 Å². The van der Waals surface area contributed by atoms with Gasteiger partial charge in [0.1, 0.15) is 6.61 Å². The molecule has 0 radical (unpaired) electrons. The van der Waals surface area contributed by atoms with Crippen molar-refractivity contribution in [1.82, 2.24) is 10.2 Å². The second kappa shape index (κ2) is 5.59. The molecule has 0 aliphatic carbocycles. The van der Waals surface area contributed by atoms with E-state index in [0.29, 0.717) is 18.7 Å². The Bertz CT molecular complexity index is 428. The summed E-state index contributed by atoms with van der Waals surface area (Å²) >= 11 is 0. The summed E-state index contributed by atoms with van der Waals surface area (Å²) in [4.78, 5) is 13.5. The predicted octanol–water partition coefficient (Wildman–Crippen LogP) is 0.996. The SMILES string of the molecule is O=C(OCc1ccccc1)N1CC(NC2COC2)C1. The lowest BCUT2D eigenvalue weighted by Crippen LogP contribution is -2.64. The van der Waals surface area contributed by atoms with E-state index in [0.717, 1.165) is 31.9 Å². The Labute approximate surface area is 112 Å². The number of hydrogen-bond acceptors (Lipinski definition) is 4. The maximum Gasteiger partial charge on any atom is 0.410 e. The van der Waals surface area contributed by atoms with Gasteiger partial charge in [-0.1, -0.05) is 30.3 Å². The fourth-order valence-electron chi connectivity index (χ4n) is 2.21. The molecule has 2 fully saturated rings. The highest BCUT2D eigenvalue weighted by molar-refractivity contribution is 5.68. The Hall–Kier alpha value is -1.59. The molecule has 1 N–H and O–H groups in total. The van der Waals surface area contributed by atoms with Crippen molar-refractivity contribution in [3.63, 3.8) is 0 Å². The van der Waals surface area contributed by atoms with Gasteiger partial charge in [-0.25, -0.2) is 4.79 Å². The first-order chi connectivity index (χ1) is 9.31. The second-order valence-electron chi connectivity index (χ2n) is 5.04. The fourth-order valence-corrected chi connectivity index (χ4v) is 2.21. The normalized spacial score (nSPS) is 19.7. The van der Waals surface area contributed by atoms with Crippen LogP contribution in [0.5, 0.6) is 0 Å². The maximum atomic E-state index is 11.8. The zero-order valence-electron chi connectivity index (χ0n) is 10.7. The summed E-state index contributed by atoms with van der Waals surface area (Å²) in [7, 11) is 0. The minimum atomic E-state index is -0.230. The zero-order valence-corrected chi connectivity index (χ0v) is 10.7. The van der Waals surface area contributed by atoms with Gasteiger partial charge in [0.2, 0.25) is 0 Å². The molecule has 0 saturated carbocycles. The third-order valence-corrected chi connectivity index (χ3v) is 3.45. The molecule has 1 aromatic rings. The second-order valence-corrected chi connectivity index (χ2v) is 5.04. The van der Waals surface area contributed by atoms with Crippen LogP contribution < -0.4 is 5.32 Å². The minimum Gasteiger partial charge on any atom is -0.445 e. The van der Waals surface area contributed by atoms with Gasteiger partial charge in [0.05, 0.1) is 19.3 Å². The molecule has 5 heteroatoms. The Morgan fingerprint density at radius 1 is 1.26 bits per heavy atom. The number of amides is 1. The van der Waals surface area contributed by atoms with Crippen LogP contribution >= 0.6 is 0 Å². The molecule has 2 aliphatic rings. The van der Waals surface area contributed by atoms with E-state index < -0.39 is 0 Å². The first-order valence-corrected chi connectivity index (χ1v) is 6.60. The Morgan fingerprint density at radius 2 is 2.00 bits per heavy atom. The van der Waals surface area contributed by atoms with E-state index in [2.05, 4.69) is 5.32 Å². The molecule has 0 bridgehead atoms.